The predicted molar refractivity (Wildman–Crippen MR) is 68.3 cm³/mol. The van der Waals surface area contributed by atoms with Gasteiger partial charge in [-0.15, -0.1) is 0 Å². The molecule has 1 saturated carbocycles. The van der Waals surface area contributed by atoms with Crippen LogP contribution in [0.2, 0.25) is 0 Å². The van der Waals surface area contributed by atoms with Crippen LogP contribution in [0.3, 0.4) is 0 Å². The number of alkyl halides is 2. The molecule has 0 aliphatic heterocycles. The summed E-state index contributed by atoms with van der Waals surface area (Å²) in [6, 6.07) is 2.56. The molecule has 1 fully saturated rings. The summed E-state index contributed by atoms with van der Waals surface area (Å²) >= 11 is 0. The highest BCUT2D eigenvalue weighted by Crippen LogP contribution is 2.28. The van der Waals surface area contributed by atoms with Crippen molar-refractivity contribution in [3.8, 4) is 0 Å². The molecule has 0 radical (unpaired) electrons. The van der Waals surface area contributed by atoms with Gasteiger partial charge in [0.05, 0.1) is 18.3 Å². The molecule has 1 N–H and O–H groups in total. The minimum Gasteiger partial charge on any atom is -0.374 e. The average Bonchev–Trinajstić information content (AvgIpc) is 3.03. The molecule has 0 unspecified atom stereocenters. The zero-order valence-electron chi connectivity index (χ0n) is 11.0. The smallest absolute Gasteiger partial charge is 0.261 e. The van der Waals surface area contributed by atoms with Gasteiger partial charge in [0.15, 0.2) is 0 Å². The van der Waals surface area contributed by atoms with Crippen molar-refractivity contribution in [1.82, 2.24) is 15.1 Å². The van der Waals surface area contributed by atoms with Gasteiger partial charge in [0, 0.05) is 19.3 Å². The summed E-state index contributed by atoms with van der Waals surface area (Å²) in [6.45, 7) is 1.02. The van der Waals surface area contributed by atoms with Crippen LogP contribution < -0.4 is 5.32 Å². The number of nitrogens with one attached hydrogen (secondary N) is 1. The first-order valence-corrected chi connectivity index (χ1v) is 6.86. The second kappa shape index (κ2) is 7.55. The van der Waals surface area contributed by atoms with Crippen LogP contribution in [0.5, 0.6) is 0 Å². The van der Waals surface area contributed by atoms with Gasteiger partial charge in [0.1, 0.15) is 6.61 Å². The first-order valence-electron chi connectivity index (χ1n) is 6.86. The minimum atomic E-state index is -2.39. The van der Waals surface area contributed by atoms with E-state index in [1.165, 1.54) is 25.7 Å². The van der Waals surface area contributed by atoms with E-state index in [0.29, 0.717) is 25.7 Å². The summed E-state index contributed by atoms with van der Waals surface area (Å²) in [4.78, 5) is 0. The van der Waals surface area contributed by atoms with Crippen molar-refractivity contribution in [2.24, 2.45) is 0 Å². The second-order valence-corrected chi connectivity index (χ2v) is 4.87. The summed E-state index contributed by atoms with van der Waals surface area (Å²) in [6.07, 6.45) is 4.66. The quantitative estimate of drug-likeness (QED) is 0.739. The lowest BCUT2D eigenvalue weighted by Gasteiger charge is -2.09. The van der Waals surface area contributed by atoms with Crippen LogP contribution in [0, 0.1) is 0 Å². The maximum atomic E-state index is 11.8. The van der Waals surface area contributed by atoms with Gasteiger partial charge in [0.25, 0.3) is 6.43 Å². The summed E-state index contributed by atoms with van der Waals surface area (Å²) < 4.78 is 30.4. The molecular formula is C13H21F2N3O. The van der Waals surface area contributed by atoms with E-state index in [0.717, 1.165) is 5.69 Å². The van der Waals surface area contributed by atoms with Crippen molar-refractivity contribution in [3.05, 3.63) is 18.0 Å². The molecule has 1 aliphatic rings. The standard InChI is InChI=1S/C13H21F2N3O/c14-13(15)10-19-8-6-16-9-11-5-7-18(17-11)12-3-1-2-4-12/h5,7,12-13,16H,1-4,6,8-10H2. The Morgan fingerprint density at radius 3 is 2.95 bits per heavy atom. The normalized spacial score (nSPS) is 16.6. The molecule has 1 aliphatic carbocycles. The van der Waals surface area contributed by atoms with Crippen molar-refractivity contribution in [2.45, 2.75) is 44.7 Å². The van der Waals surface area contributed by atoms with E-state index < -0.39 is 13.0 Å². The second-order valence-electron chi connectivity index (χ2n) is 4.87. The fourth-order valence-corrected chi connectivity index (χ4v) is 2.38. The molecule has 0 atom stereocenters. The van der Waals surface area contributed by atoms with E-state index >= 15 is 0 Å². The molecule has 1 aromatic rings. The molecule has 1 aromatic heterocycles. The summed E-state index contributed by atoms with van der Waals surface area (Å²) in [7, 11) is 0. The first kappa shape index (κ1) is 14.4. The van der Waals surface area contributed by atoms with Gasteiger partial charge in [-0.25, -0.2) is 8.78 Å². The summed E-state index contributed by atoms with van der Waals surface area (Å²) in [5, 5.41) is 7.67. The Hall–Kier alpha value is -1.01. The minimum absolute atomic E-state index is 0.299. The van der Waals surface area contributed by atoms with Crippen molar-refractivity contribution in [1.29, 1.82) is 0 Å². The SMILES string of the molecule is FC(F)COCCNCc1ccn(C2CCCC2)n1. The van der Waals surface area contributed by atoms with Crippen molar-refractivity contribution in [2.75, 3.05) is 19.8 Å². The van der Waals surface area contributed by atoms with E-state index in [1.54, 1.807) is 0 Å². The van der Waals surface area contributed by atoms with Crippen LogP contribution in [0.15, 0.2) is 12.3 Å². The van der Waals surface area contributed by atoms with Gasteiger partial charge in [-0.1, -0.05) is 12.8 Å². The predicted octanol–water partition coefficient (Wildman–Crippen LogP) is 2.37. The van der Waals surface area contributed by atoms with Crippen LogP contribution in [0.1, 0.15) is 37.4 Å². The largest absolute Gasteiger partial charge is 0.374 e. The Bertz CT molecular complexity index is 365. The third-order valence-corrected chi connectivity index (χ3v) is 3.34. The maximum Gasteiger partial charge on any atom is 0.261 e. The van der Waals surface area contributed by atoms with E-state index in [9.17, 15) is 8.78 Å². The fraction of sp³-hybridized carbons (Fsp3) is 0.769. The Morgan fingerprint density at radius 1 is 1.42 bits per heavy atom. The van der Waals surface area contributed by atoms with E-state index in [4.69, 9.17) is 4.74 Å². The number of hydrogen-bond donors (Lipinski definition) is 1. The Kier molecular flexibility index (Phi) is 5.72. The molecule has 0 amide bonds. The number of nitrogens with zero attached hydrogens (tertiary/aromatic N) is 2. The molecule has 0 saturated heterocycles. The van der Waals surface area contributed by atoms with Crippen LogP contribution in [0.4, 0.5) is 8.78 Å². The number of hydrogen-bond acceptors (Lipinski definition) is 3. The molecule has 108 valence electrons. The lowest BCUT2D eigenvalue weighted by Crippen LogP contribution is -2.21. The van der Waals surface area contributed by atoms with Gasteiger partial charge in [0.2, 0.25) is 0 Å². The Labute approximate surface area is 112 Å². The maximum absolute atomic E-state index is 11.8. The van der Waals surface area contributed by atoms with Crippen molar-refractivity contribution in [3.63, 3.8) is 0 Å². The molecule has 0 aromatic carbocycles. The van der Waals surface area contributed by atoms with E-state index in [1.807, 2.05) is 12.3 Å². The molecule has 4 nitrogen and oxygen atoms in total. The fourth-order valence-electron chi connectivity index (χ4n) is 2.38. The Morgan fingerprint density at radius 2 is 2.21 bits per heavy atom. The Balaban J connectivity index is 1.61. The summed E-state index contributed by atoms with van der Waals surface area (Å²) in [5.41, 5.74) is 0.987. The third kappa shape index (κ3) is 4.87. The topological polar surface area (TPSA) is 39.1 Å². The van der Waals surface area contributed by atoms with Crippen molar-refractivity contribution < 1.29 is 13.5 Å². The molecule has 0 bridgehead atoms. The van der Waals surface area contributed by atoms with Crippen molar-refractivity contribution >= 4 is 0 Å². The highest BCUT2D eigenvalue weighted by Gasteiger charge is 2.17. The average molecular weight is 273 g/mol. The molecule has 0 spiro atoms. The van der Waals surface area contributed by atoms with E-state index in [2.05, 4.69) is 15.1 Å². The summed E-state index contributed by atoms with van der Waals surface area (Å²) in [5.74, 6) is 0. The zero-order valence-corrected chi connectivity index (χ0v) is 11.0. The van der Waals surface area contributed by atoms with Gasteiger partial charge in [-0.2, -0.15) is 5.10 Å². The van der Waals surface area contributed by atoms with Gasteiger partial charge in [-0.05, 0) is 18.9 Å². The lowest BCUT2D eigenvalue weighted by molar-refractivity contribution is 0.0187. The van der Waals surface area contributed by atoms with Crippen LogP contribution in [-0.4, -0.2) is 36.0 Å². The van der Waals surface area contributed by atoms with Gasteiger partial charge in [-0.3, -0.25) is 4.68 Å². The molecule has 6 heteroatoms. The molecule has 19 heavy (non-hydrogen) atoms. The number of rotatable bonds is 8. The first-order chi connectivity index (χ1) is 9.25. The van der Waals surface area contributed by atoms with E-state index in [-0.39, 0.29) is 0 Å². The third-order valence-electron chi connectivity index (χ3n) is 3.34. The number of halogens is 2. The van der Waals surface area contributed by atoms with Crippen LogP contribution in [0.25, 0.3) is 0 Å². The highest BCUT2D eigenvalue weighted by molar-refractivity contribution is 4.99. The van der Waals surface area contributed by atoms with Gasteiger partial charge >= 0.3 is 0 Å². The molecule has 2 rings (SSSR count). The highest BCUT2D eigenvalue weighted by atomic mass is 19.3. The van der Waals surface area contributed by atoms with Crippen LogP contribution in [-0.2, 0) is 11.3 Å². The molecular weight excluding hydrogens is 252 g/mol. The zero-order chi connectivity index (χ0) is 13.5. The number of aromatic nitrogens is 2. The van der Waals surface area contributed by atoms with Crippen LogP contribution >= 0.6 is 0 Å². The monoisotopic (exact) mass is 273 g/mol. The molecule has 1 heterocycles. The lowest BCUT2D eigenvalue weighted by atomic mass is 10.3. The van der Waals surface area contributed by atoms with Gasteiger partial charge < -0.3 is 10.1 Å². The number of ether oxygens (including phenoxy) is 1.